The van der Waals surface area contributed by atoms with Gasteiger partial charge in [-0.05, 0) is 54.1 Å². The Morgan fingerprint density at radius 3 is 2.00 bits per heavy atom. The third-order valence-corrected chi connectivity index (χ3v) is 4.38. The van der Waals surface area contributed by atoms with Crippen molar-refractivity contribution in [3.63, 3.8) is 0 Å². The van der Waals surface area contributed by atoms with Crippen LogP contribution >= 0.6 is 0 Å². The number of methoxy groups -OCH3 is 1. The van der Waals surface area contributed by atoms with Crippen molar-refractivity contribution >= 4 is 34.0 Å². The van der Waals surface area contributed by atoms with E-state index in [4.69, 9.17) is 4.74 Å². The Morgan fingerprint density at radius 1 is 0.643 bits per heavy atom. The third-order valence-electron chi connectivity index (χ3n) is 4.38. The average Bonchev–Trinajstić information content (AvgIpc) is 2.77. The molecule has 4 nitrogen and oxygen atoms in total. The van der Waals surface area contributed by atoms with Crippen molar-refractivity contribution in [1.29, 1.82) is 0 Å². The largest absolute Gasteiger partial charge is 0.497 e. The Labute approximate surface area is 163 Å². The molecule has 0 atom stereocenters. The molecular formula is C24H19N3O. The highest BCUT2D eigenvalue weighted by atomic mass is 16.5. The second kappa shape index (κ2) is 8.27. The monoisotopic (exact) mass is 365 g/mol. The maximum Gasteiger partial charge on any atom is 0.118 e. The van der Waals surface area contributed by atoms with Gasteiger partial charge >= 0.3 is 0 Å². The average molecular weight is 365 g/mol. The van der Waals surface area contributed by atoms with Crippen molar-refractivity contribution in [3.8, 4) is 5.75 Å². The van der Waals surface area contributed by atoms with Gasteiger partial charge in [0.2, 0.25) is 0 Å². The van der Waals surface area contributed by atoms with Crippen molar-refractivity contribution in [1.82, 2.24) is 0 Å². The lowest BCUT2D eigenvalue weighted by Crippen LogP contribution is -1.84. The van der Waals surface area contributed by atoms with Crippen LogP contribution in [-0.4, -0.2) is 13.3 Å². The molecule has 0 spiro atoms. The molecular weight excluding hydrogens is 346 g/mol. The number of rotatable bonds is 5. The smallest absolute Gasteiger partial charge is 0.118 e. The summed E-state index contributed by atoms with van der Waals surface area (Å²) in [7, 11) is 1.66. The van der Waals surface area contributed by atoms with Gasteiger partial charge in [-0.3, -0.25) is 4.99 Å². The molecule has 0 aliphatic heterocycles. The number of azo groups is 1. The predicted octanol–water partition coefficient (Wildman–Crippen LogP) is 7.01. The van der Waals surface area contributed by atoms with Crippen LogP contribution in [-0.2, 0) is 0 Å². The predicted molar refractivity (Wildman–Crippen MR) is 115 cm³/mol. The molecule has 0 N–H and O–H groups in total. The molecule has 0 aromatic heterocycles. The third kappa shape index (κ3) is 3.96. The molecule has 0 radical (unpaired) electrons. The Bertz CT molecular complexity index is 1130. The van der Waals surface area contributed by atoms with Gasteiger partial charge in [0.1, 0.15) is 5.75 Å². The lowest BCUT2D eigenvalue weighted by Gasteiger charge is -2.05. The fraction of sp³-hybridized carbons (Fsp3) is 0.0417. The molecule has 0 amide bonds. The second-order valence-electron chi connectivity index (χ2n) is 6.22. The number of hydrogen-bond donors (Lipinski definition) is 0. The number of benzene rings is 4. The second-order valence-corrected chi connectivity index (χ2v) is 6.22. The van der Waals surface area contributed by atoms with Crippen LogP contribution in [0, 0.1) is 0 Å². The van der Waals surface area contributed by atoms with Gasteiger partial charge in [0.15, 0.2) is 0 Å². The normalized spacial score (nSPS) is 11.5. The van der Waals surface area contributed by atoms with Crippen LogP contribution in [0.2, 0.25) is 0 Å². The van der Waals surface area contributed by atoms with E-state index in [1.54, 1.807) is 7.11 Å². The van der Waals surface area contributed by atoms with E-state index in [0.29, 0.717) is 0 Å². The number of aliphatic imine (C=N–C) groups is 1. The topological polar surface area (TPSA) is 46.3 Å². The summed E-state index contributed by atoms with van der Waals surface area (Å²) in [6, 6.07) is 29.6. The summed E-state index contributed by atoms with van der Waals surface area (Å²) >= 11 is 0. The summed E-state index contributed by atoms with van der Waals surface area (Å²) in [4.78, 5) is 4.68. The maximum atomic E-state index is 5.19. The molecule has 0 bridgehead atoms. The fourth-order valence-electron chi connectivity index (χ4n) is 2.91. The number of nitrogens with zero attached hydrogens (tertiary/aromatic N) is 3. The van der Waals surface area contributed by atoms with Gasteiger partial charge in [-0.1, -0.05) is 42.5 Å². The van der Waals surface area contributed by atoms with Gasteiger partial charge < -0.3 is 4.74 Å². The molecule has 0 saturated carbocycles. The van der Waals surface area contributed by atoms with Crippen molar-refractivity contribution in [2.45, 2.75) is 0 Å². The summed E-state index contributed by atoms with van der Waals surface area (Å²) in [5.41, 5.74) is 3.55. The highest BCUT2D eigenvalue weighted by molar-refractivity contribution is 6.01. The van der Waals surface area contributed by atoms with Gasteiger partial charge in [0.25, 0.3) is 0 Å². The first-order valence-corrected chi connectivity index (χ1v) is 9.00. The summed E-state index contributed by atoms with van der Waals surface area (Å²) in [5, 5.41) is 10.8. The van der Waals surface area contributed by atoms with E-state index in [1.165, 1.54) is 0 Å². The van der Waals surface area contributed by atoms with Gasteiger partial charge in [-0.25, -0.2) is 0 Å². The SMILES string of the molecule is COc1ccc(C=Nc2ccc(N=Nc3ccccc3)c3ccccc23)cc1. The molecule has 0 unspecified atom stereocenters. The highest BCUT2D eigenvalue weighted by Crippen LogP contribution is 2.34. The van der Waals surface area contributed by atoms with E-state index in [2.05, 4.69) is 21.3 Å². The zero-order valence-corrected chi connectivity index (χ0v) is 15.5. The van der Waals surface area contributed by atoms with Crippen molar-refractivity contribution < 1.29 is 4.74 Å². The van der Waals surface area contributed by atoms with E-state index in [1.807, 2.05) is 91.1 Å². The Kier molecular flexibility index (Phi) is 5.20. The van der Waals surface area contributed by atoms with Gasteiger partial charge in [0.05, 0.1) is 24.2 Å². The van der Waals surface area contributed by atoms with Crippen LogP contribution in [0.1, 0.15) is 5.56 Å². The van der Waals surface area contributed by atoms with Gasteiger partial charge in [-0.2, -0.15) is 5.11 Å². The van der Waals surface area contributed by atoms with Crippen molar-refractivity contribution in [2.75, 3.05) is 7.11 Å². The van der Waals surface area contributed by atoms with E-state index in [-0.39, 0.29) is 0 Å². The molecule has 28 heavy (non-hydrogen) atoms. The minimum Gasteiger partial charge on any atom is -0.497 e. The lowest BCUT2D eigenvalue weighted by atomic mass is 10.1. The van der Waals surface area contributed by atoms with Gasteiger partial charge in [-0.15, -0.1) is 5.11 Å². The molecule has 136 valence electrons. The first-order chi connectivity index (χ1) is 13.8. The highest BCUT2D eigenvalue weighted by Gasteiger charge is 2.04. The Balaban J connectivity index is 1.67. The molecule has 4 heteroatoms. The van der Waals surface area contributed by atoms with Crippen molar-refractivity contribution in [2.24, 2.45) is 15.2 Å². The summed E-state index contributed by atoms with van der Waals surface area (Å²) in [6.07, 6.45) is 1.85. The van der Waals surface area contributed by atoms with Crippen LogP contribution < -0.4 is 4.74 Å². The lowest BCUT2D eigenvalue weighted by molar-refractivity contribution is 0.415. The molecule has 0 aliphatic rings. The molecule has 0 fully saturated rings. The van der Waals surface area contributed by atoms with E-state index >= 15 is 0 Å². The quantitative estimate of drug-likeness (QED) is 0.277. The van der Waals surface area contributed by atoms with Crippen LogP contribution in [0.15, 0.2) is 106 Å². The van der Waals surface area contributed by atoms with Crippen LogP contribution in [0.4, 0.5) is 17.1 Å². The first-order valence-electron chi connectivity index (χ1n) is 9.00. The summed E-state index contributed by atoms with van der Waals surface area (Å²) < 4.78 is 5.19. The number of ether oxygens (including phenoxy) is 1. The van der Waals surface area contributed by atoms with Crippen LogP contribution in [0.5, 0.6) is 5.75 Å². The maximum absolute atomic E-state index is 5.19. The minimum absolute atomic E-state index is 0.822. The van der Waals surface area contributed by atoms with E-state index in [0.717, 1.165) is 39.1 Å². The standard InChI is InChI=1S/C24H19N3O/c1-28-20-13-11-18(12-14-20)17-25-23-15-16-24(22-10-6-5-9-21(22)23)27-26-19-7-3-2-4-8-19/h2-17H,1H3. The zero-order valence-electron chi connectivity index (χ0n) is 15.5. The first kappa shape index (κ1) is 17.6. The van der Waals surface area contributed by atoms with Gasteiger partial charge in [0, 0.05) is 17.0 Å². The molecule has 4 rings (SSSR count). The number of fused-ring (bicyclic) bond motifs is 1. The molecule has 4 aromatic rings. The van der Waals surface area contributed by atoms with Crippen LogP contribution in [0.3, 0.4) is 0 Å². The molecule has 4 aromatic carbocycles. The van der Waals surface area contributed by atoms with E-state index < -0.39 is 0 Å². The molecule has 0 aliphatic carbocycles. The minimum atomic E-state index is 0.822. The summed E-state index contributed by atoms with van der Waals surface area (Å²) in [5.74, 6) is 0.829. The zero-order chi connectivity index (χ0) is 19.2. The summed E-state index contributed by atoms with van der Waals surface area (Å²) in [6.45, 7) is 0. The Hall–Kier alpha value is -3.79. The Morgan fingerprint density at radius 2 is 1.29 bits per heavy atom. The van der Waals surface area contributed by atoms with Crippen molar-refractivity contribution in [3.05, 3.63) is 96.6 Å². The van der Waals surface area contributed by atoms with Crippen LogP contribution in [0.25, 0.3) is 10.8 Å². The number of hydrogen-bond acceptors (Lipinski definition) is 4. The molecule has 0 saturated heterocycles. The van der Waals surface area contributed by atoms with E-state index in [9.17, 15) is 0 Å². The fourth-order valence-corrected chi connectivity index (χ4v) is 2.91. The molecule has 0 heterocycles.